The Bertz CT molecular complexity index is 668. The maximum Gasteiger partial charge on any atom is 0.245 e. The van der Waals surface area contributed by atoms with Crippen molar-refractivity contribution in [1.29, 1.82) is 0 Å². The summed E-state index contributed by atoms with van der Waals surface area (Å²) < 4.78 is 40.4. The number of nitrogens with two attached hydrogens (primary N) is 1. The smallest absolute Gasteiger partial charge is 0.245 e. The predicted octanol–water partition coefficient (Wildman–Crippen LogP) is 1.74. The number of halogens is 2. The van der Waals surface area contributed by atoms with Crippen molar-refractivity contribution in [2.24, 2.45) is 0 Å². The number of anilines is 1. The van der Waals surface area contributed by atoms with E-state index in [9.17, 15) is 17.9 Å². The monoisotopic (exact) mass is 334 g/mol. The Balaban J connectivity index is 2.04. The van der Waals surface area contributed by atoms with Crippen molar-refractivity contribution in [3.8, 4) is 0 Å². The van der Waals surface area contributed by atoms with E-state index in [4.69, 9.17) is 17.3 Å². The van der Waals surface area contributed by atoms with Crippen molar-refractivity contribution in [1.82, 2.24) is 4.31 Å². The fourth-order valence-electron chi connectivity index (χ4n) is 3.35. The van der Waals surface area contributed by atoms with Gasteiger partial charge in [0.25, 0.3) is 0 Å². The molecule has 0 amide bonds. The Morgan fingerprint density at radius 2 is 1.86 bits per heavy atom. The normalized spacial score (nSPS) is 29.8. The molecule has 2 saturated heterocycles. The summed E-state index contributed by atoms with van der Waals surface area (Å²) in [7, 11) is -3.85. The van der Waals surface area contributed by atoms with Crippen molar-refractivity contribution in [3.63, 3.8) is 0 Å². The molecule has 2 bridgehead atoms. The van der Waals surface area contributed by atoms with Crippen LogP contribution in [0.25, 0.3) is 0 Å². The van der Waals surface area contributed by atoms with Gasteiger partial charge in [0.2, 0.25) is 10.0 Å². The van der Waals surface area contributed by atoms with Crippen LogP contribution in [-0.2, 0) is 10.0 Å². The van der Waals surface area contributed by atoms with Gasteiger partial charge in [0.05, 0.1) is 16.8 Å². The zero-order valence-electron chi connectivity index (χ0n) is 11.2. The molecule has 2 fully saturated rings. The first kappa shape index (κ1) is 15.0. The van der Waals surface area contributed by atoms with Gasteiger partial charge in [0, 0.05) is 12.1 Å². The van der Waals surface area contributed by atoms with Crippen LogP contribution in [0.15, 0.2) is 17.0 Å². The minimum atomic E-state index is -3.85. The van der Waals surface area contributed by atoms with Gasteiger partial charge in [-0.2, -0.15) is 4.31 Å². The van der Waals surface area contributed by atoms with Crippen molar-refractivity contribution < 1.29 is 17.9 Å². The van der Waals surface area contributed by atoms with Gasteiger partial charge in [0.1, 0.15) is 10.7 Å². The molecule has 21 heavy (non-hydrogen) atoms. The highest BCUT2D eigenvalue weighted by Gasteiger charge is 2.47. The Morgan fingerprint density at radius 1 is 1.29 bits per heavy atom. The van der Waals surface area contributed by atoms with Crippen LogP contribution >= 0.6 is 11.6 Å². The van der Waals surface area contributed by atoms with Gasteiger partial charge < -0.3 is 10.8 Å². The first-order chi connectivity index (χ1) is 9.80. The van der Waals surface area contributed by atoms with Crippen LogP contribution in [0.5, 0.6) is 0 Å². The van der Waals surface area contributed by atoms with E-state index in [1.54, 1.807) is 0 Å². The number of sulfonamides is 1. The molecule has 116 valence electrons. The van der Waals surface area contributed by atoms with Gasteiger partial charge in [-0.1, -0.05) is 11.6 Å². The van der Waals surface area contributed by atoms with Gasteiger partial charge in [-0.25, -0.2) is 12.8 Å². The molecule has 3 N–H and O–H groups in total. The second-order valence-electron chi connectivity index (χ2n) is 5.65. The van der Waals surface area contributed by atoms with Gasteiger partial charge in [0.15, 0.2) is 0 Å². The topological polar surface area (TPSA) is 83.6 Å². The van der Waals surface area contributed by atoms with E-state index >= 15 is 0 Å². The number of hydrogen-bond acceptors (Lipinski definition) is 4. The summed E-state index contributed by atoms with van der Waals surface area (Å²) >= 11 is 5.90. The number of hydrogen-bond donors (Lipinski definition) is 2. The largest absolute Gasteiger partial charge is 0.396 e. The molecule has 2 atom stereocenters. The van der Waals surface area contributed by atoms with E-state index in [-0.39, 0.29) is 27.7 Å². The number of fused-ring (bicyclic) bond motifs is 2. The van der Waals surface area contributed by atoms with Crippen molar-refractivity contribution in [2.75, 3.05) is 5.73 Å². The molecule has 8 heteroatoms. The van der Waals surface area contributed by atoms with Crippen LogP contribution in [0.1, 0.15) is 25.7 Å². The zero-order valence-corrected chi connectivity index (χ0v) is 12.7. The molecule has 2 aliphatic heterocycles. The summed E-state index contributed by atoms with van der Waals surface area (Å²) in [6.45, 7) is 0. The van der Waals surface area contributed by atoms with Crippen LogP contribution in [0, 0.1) is 5.82 Å². The summed E-state index contributed by atoms with van der Waals surface area (Å²) in [5.41, 5.74) is 5.22. The quantitative estimate of drug-likeness (QED) is 0.807. The lowest BCUT2D eigenvalue weighted by Gasteiger charge is -2.36. The summed E-state index contributed by atoms with van der Waals surface area (Å²) in [4.78, 5) is -0.170. The molecule has 2 heterocycles. The number of nitrogen functional groups attached to an aromatic ring is 1. The average Bonchev–Trinajstić information content (AvgIpc) is 2.67. The van der Waals surface area contributed by atoms with E-state index in [1.165, 1.54) is 4.31 Å². The Morgan fingerprint density at radius 3 is 2.43 bits per heavy atom. The molecule has 1 aromatic rings. The molecule has 1 aromatic carbocycles. The van der Waals surface area contributed by atoms with Crippen LogP contribution in [0.4, 0.5) is 10.1 Å². The maximum atomic E-state index is 13.4. The first-order valence-electron chi connectivity index (χ1n) is 6.77. The molecule has 2 aliphatic rings. The van der Waals surface area contributed by atoms with E-state index < -0.39 is 21.9 Å². The highest BCUT2D eigenvalue weighted by Crippen LogP contribution is 2.41. The summed E-state index contributed by atoms with van der Waals surface area (Å²) in [6, 6.07) is 1.53. The molecule has 2 unspecified atom stereocenters. The third-order valence-corrected chi connectivity index (χ3v) is 6.72. The highest BCUT2D eigenvalue weighted by atomic mass is 35.5. The Kier molecular flexibility index (Phi) is 3.64. The van der Waals surface area contributed by atoms with E-state index in [0.717, 1.165) is 25.0 Å². The summed E-state index contributed by atoms with van der Waals surface area (Å²) in [5, 5.41) is 9.59. The number of piperidine rings is 1. The lowest BCUT2D eigenvalue weighted by molar-refractivity contribution is 0.0769. The molecule has 0 radical (unpaired) electrons. The predicted molar refractivity (Wildman–Crippen MR) is 76.9 cm³/mol. The Labute approximate surface area is 127 Å². The highest BCUT2D eigenvalue weighted by molar-refractivity contribution is 7.89. The van der Waals surface area contributed by atoms with E-state index in [1.807, 2.05) is 0 Å². The lowest BCUT2D eigenvalue weighted by Crippen LogP contribution is -2.47. The minimum absolute atomic E-state index is 0.170. The molecular formula is C13H16ClFN2O3S. The van der Waals surface area contributed by atoms with Crippen LogP contribution in [0.2, 0.25) is 5.02 Å². The number of nitrogens with zero attached hydrogens (tertiary/aromatic N) is 1. The molecule has 0 aliphatic carbocycles. The summed E-state index contributed by atoms with van der Waals surface area (Å²) in [5.74, 6) is -0.740. The van der Waals surface area contributed by atoms with Crippen molar-refractivity contribution in [2.45, 2.75) is 48.8 Å². The molecular weight excluding hydrogens is 319 g/mol. The van der Waals surface area contributed by atoms with Gasteiger partial charge in [-0.15, -0.1) is 0 Å². The number of rotatable bonds is 2. The molecule has 0 aromatic heterocycles. The Hall–Kier alpha value is -0.890. The zero-order chi connectivity index (χ0) is 15.4. The number of aliphatic hydroxyl groups excluding tert-OH is 1. The molecule has 5 nitrogen and oxygen atoms in total. The lowest BCUT2D eigenvalue weighted by atomic mass is 10.0. The first-order valence-corrected chi connectivity index (χ1v) is 8.58. The molecule has 0 spiro atoms. The number of benzene rings is 1. The minimum Gasteiger partial charge on any atom is -0.396 e. The van der Waals surface area contributed by atoms with Gasteiger partial charge >= 0.3 is 0 Å². The second-order valence-corrected chi connectivity index (χ2v) is 7.87. The van der Waals surface area contributed by atoms with E-state index in [2.05, 4.69) is 0 Å². The molecule has 3 rings (SSSR count). The van der Waals surface area contributed by atoms with Crippen molar-refractivity contribution in [3.05, 3.63) is 23.0 Å². The SMILES string of the molecule is Nc1cc(S(=O)(=O)N2C3CCC2CC(O)C3)c(Cl)cc1F. The second kappa shape index (κ2) is 5.08. The van der Waals surface area contributed by atoms with Crippen molar-refractivity contribution >= 4 is 27.3 Å². The van der Waals surface area contributed by atoms with Gasteiger partial charge in [-0.3, -0.25) is 0 Å². The fourth-order valence-corrected chi connectivity index (χ4v) is 5.77. The third-order valence-electron chi connectivity index (χ3n) is 4.25. The molecule has 0 saturated carbocycles. The van der Waals surface area contributed by atoms with Crippen LogP contribution < -0.4 is 5.73 Å². The summed E-state index contributed by atoms with van der Waals surface area (Å²) in [6.07, 6.45) is 1.81. The number of aliphatic hydroxyl groups is 1. The average molecular weight is 335 g/mol. The standard InChI is InChI=1S/C13H16ClFN2O3S/c14-10-5-11(15)12(16)6-13(10)21(19,20)17-7-1-2-8(17)4-9(18)3-7/h5-9,18H,1-4,16H2. The maximum absolute atomic E-state index is 13.4. The van der Waals surface area contributed by atoms with E-state index in [0.29, 0.717) is 12.8 Å². The van der Waals surface area contributed by atoms with Crippen LogP contribution in [0.3, 0.4) is 0 Å². The fraction of sp³-hybridized carbons (Fsp3) is 0.538. The van der Waals surface area contributed by atoms with Crippen LogP contribution in [-0.4, -0.2) is 36.0 Å². The third kappa shape index (κ3) is 2.42. The van der Waals surface area contributed by atoms with Gasteiger partial charge in [-0.05, 0) is 37.8 Å².